The molecule has 1 atom stereocenters. The van der Waals surface area contributed by atoms with Crippen molar-refractivity contribution in [2.75, 3.05) is 4.90 Å². The van der Waals surface area contributed by atoms with Gasteiger partial charge in [0, 0.05) is 11.8 Å². The zero-order valence-corrected chi connectivity index (χ0v) is 13.2. The predicted octanol–water partition coefficient (Wildman–Crippen LogP) is 3.94. The van der Waals surface area contributed by atoms with Gasteiger partial charge in [-0.05, 0) is 42.6 Å². The van der Waals surface area contributed by atoms with Crippen LogP contribution in [0, 0.1) is 11.3 Å². The standard InChI is InChI=1S/C18H13N3OS/c1-18(12-19)15-8-5-10-20(15)14-9-11-23-17(14)21(18)16(22)13-6-3-2-4-7-13/h2-11H,1H3. The number of carbonyl (C=O) groups is 1. The largest absolute Gasteiger partial charge is 0.315 e. The zero-order valence-electron chi connectivity index (χ0n) is 12.4. The van der Waals surface area contributed by atoms with Crippen LogP contribution in [0.3, 0.4) is 0 Å². The molecule has 0 radical (unpaired) electrons. The minimum absolute atomic E-state index is 0.161. The van der Waals surface area contributed by atoms with Crippen molar-refractivity contribution in [2.24, 2.45) is 0 Å². The number of rotatable bonds is 1. The van der Waals surface area contributed by atoms with Crippen LogP contribution in [0.5, 0.6) is 0 Å². The van der Waals surface area contributed by atoms with Crippen molar-refractivity contribution in [1.82, 2.24) is 4.57 Å². The fraction of sp³-hybridized carbons (Fsp3) is 0.111. The van der Waals surface area contributed by atoms with E-state index in [0.29, 0.717) is 5.56 Å². The van der Waals surface area contributed by atoms with Crippen molar-refractivity contribution in [1.29, 1.82) is 5.26 Å². The highest BCUT2D eigenvalue weighted by Gasteiger charge is 2.46. The van der Waals surface area contributed by atoms with E-state index >= 15 is 0 Å². The van der Waals surface area contributed by atoms with Gasteiger partial charge in [0.15, 0.2) is 5.54 Å². The van der Waals surface area contributed by atoms with Crippen LogP contribution < -0.4 is 4.90 Å². The van der Waals surface area contributed by atoms with Gasteiger partial charge in [-0.25, -0.2) is 0 Å². The molecule has 1 aromatic carbocycles. The third-order valence-corrected chi connectivity index (χ3v) is 5.11. The van der Waals surface area contributed by atoms with Crippen LogP contribution >= 0.6 is 11.3 Å². The molecule has 4 nitrogen and oxygen atoms in total. The summed E-state index contributed by atoms with van der Waals surface area (Å²) < 4.78 is 1.99. The van der Waals surface area contributed by atoms with Gasteiger partial charge in [-0.15, -0.1) is 11.3 Å². The zero-order chi connectivity index (χ0) is 16.0. The maximum atomic E-state index is 13.1. The average Bonchev–Trinajstić information content (AvgIpc) is 3.24. The molecule has 23 heavy (non-hydrogen) atoms. The van der Waals surface area contributed by atoms with E-state index in [1.165, 1.54) is 11.3 Å². The molecule has 1 aliphatic rings. The van der Waals surface area contributed by atoms with Gasteiger partial charge in [-0.1, -0.05) is 18.2 Å². The fourth-order valence-electron chi connectivity index (χ4n) is 3.06. The van der Waals surface area contributed by atoms with E-state index in [9.17, 15) is 10.1 Å². The lowest BCUT2D eigenvalue weighted by atomic mass is 9.94. The van der Waals surface area contributed by atoms with E-state index in [-0.39, 0.29) is 5.91 Å². The topological polar surface area (TPSA) is 49.0 Å². The molecule has 3 aromatic rings. The molecule has 0 bridgehead atoms. The van der Waals surface area contributed by atoms with Crippen molar-refractivity contribution in [3.8, 4) is 11.8 Å². The summed E-state index contributed by atoms with van der Waals surface area (Å²) in [5.74, 6) is -0.161. The molecular formula is C18H13N3OS. The van der Waals surface area contributed by atoms with Crippen molar-refractivity contribution in [2.45, 2.75) is 12.5 Å². The van der Waals surface area contributed by atoms with Crippen LogP contribution in [0.15, 0.2) is 60.1 Å². The Hall–Kier alpha value is -2.84. The summed E-state index contributed by atoms with van der Waals surface area (Å²) in [4.78, 5) is 14.8. The number of carbonyl (C=O) groups excluding carboxylic acids is 1. The summed E-state index contributed by atoms with van der Waals surface area (Å²) in [5, 5.41) is 12.6. The van der Waals surface area contributed by atoms with E-state index in [4.69, 9.17) is 0 Å². The molecule has 0 saturated heterocycles. The maximum absolute atomic E-state index is 13.1. The Labute approximate surface area is 137 Å². The lowest BCUT2D eigenvalue weighted by Gasteiger charge is -2.40. The third kappa shape index (κ3) is 1.79. The van der Waals surface area contributed by atoms with Crippen LogP contribution in [0.2, 0.25) is 0 Å². The first kappa shape index (κ1) is 13.8. The summed E-state index contributed by atoms with van der Waals surface area (Å²) in [6.45, 7) is 1.79. The van der Waals surface area contributed by atoms with Crippen LogP contribution in [0.25, 0.3) is 5.69 Å². The molecule has 112 valence electrons. The molecule has 0 spiro atoms. The first-order valence-corrected chi connectivity index (χ1v) is 8.11. The highest BCUT2D eigenvalue weighted by Crippen LogP contribution is 2.46. The first-order valence-electron chi connectivity index (χ1n) is 7.23. The van der Waals surface area contributed by atoms with Crippen LogP contribution in [-0.2, 0) is 5.54 Å². The van der Waals surface area contributed by atoms with Gasteiger partial charge < -0.3 is 4.57 Å². The van der Waals surface area contributed by atoms with E-state index < -0.39 is 5.54 Å². The second-order valence-corrected chi connectivity index (χ2v) is 6.46. The van der Waals surface area contributed by atoms with E-state index in [2.05, 4.69) is 6.07 Å². The van der Waals surface area contributed by atoms with E-state index in [0.717, 1.165) is 16.4 Å². The Bertz CT molecular complexity index is 935. The molecule has 0 N–H and O–H groups in total. The summed E-state index contributed by atoms with van der Waals surface area (Å²) in [6.07, 6.45) is 1.93. The van der Waals surface area contributed by atoms with Crippen LogP contribution in [0.4, 0.5) is 5.00 Å². The molecule has 1 unspecified atom stereocenters. The molecule has 0 saturated carbocycles. The molecule has 1 amide bonds. The summed E-state index contributed by atoms with van der Waals surface area (Å²) in [7, 11) is 0. The average molecular weight is 319 g/mol. The normalized spacial score (nSPS) is 18.9. The van der Waals surface area contributed by atoms with Crippen molar-refractivity contribution in [3.05, 3.63) is 71.4 Å². The fourth-order valence-corrected chi connectivity index (χ4v) is 4.05. The molecule has 3 heterocycles. The number of nitrogens with zero attached hydrogens (tertiary/aromatic N) is 3. The lowest BCUT2D eigenvalue weighted by Crippen LogP contribution is -2.50. The van der Waals surface area contributed by atoms with Crippen molar-refractivity contribution >= 4 is 22.2 Å². The Balaban J connectivity index is 1.96. The SMILES string of the molecule is CC1(C#N)c2cccn2-c2ccsc2N1C(=O)c1ccccc1. The first-order chi connectivity index (χ1) is 11.2. The molecule has 1 aliphatic heterocycles. The number of thiophene rings is 1. The molecule has 5 heteroatoms. The number of hydrogen-bond acceptors (Lipinski definition) is 3. The van der Waals surface area contributed by atoms with E-state index in [1.807, 2.05) is 52.5 Å². The van der Waals surface area contributed by atoms with Gasteiger partial charge in [0.2, 0.25) is 0 Å². The Morgan fingerprint density at radius 3 is 2.70 bits per heavy atom. The van der Waals surface area contributed by atoms with Gasteiger partial charge in [-0.2, -0.15) is 5.26 Å². The van der Waals surface area contributed by atoms with E-state index in [1.54, 1.807) is 24.0 Å². The van der Waals surface area contributed by atoms with Gasteiger partial charge in [0.1, 0.15) is 5.00 Å². The number of fused-ring (bicyclic) bond motifs is 3. The number of amides is 1. The number of anilines is 1. The number of benzene rings is 1. The van der Waals surface area contributed by atoms with Crippen LogP contribution in [0.1, 0.15) is 23.0 Å². The third-order valence-electron chi connectivity index (χ3n) is 4.22. The monoisotopic (exact) mass is 319 g/mol. The minimum atomic E-state index is -1.05. The summed E-state index contributed by atoms with van der Waals surface area (Å²) in [5.41, 5.74) is 1.27. The van der Waals surface area contributed by atoms with Gasteiger partial charge in [-0.3, -0.25) is 9.69 Å². The van der Waals surface area contributed by atoms with Gasteiger partial charge >= 0.3 is 0 Å². The molecular weight excluding hydrogens is 306 g/mol. The molecule has 4 rings (SSSR count). The van der Waals surface area contributed by atoms with Gasteiger partial charge in [0.05, 0.1) is 17.5 Å². The van der Waals surface area contributed by atoms with Crippen molar-refractivity contribution < 1.29 is 4.79 Å². The summed E-state index contributed by atoms with van der Waals surface area (Å²) in [6, 6.07) is 17.2. The maximum Gasteiger partial charge on any atom is 0.260 e. The predicted molar refractivity (Wildman–Crippen MR) is 89.9 cm³/mol. The second kappa shape index (κ2) is 4.83. The smallest absolute Gasteiger partial charge is 0.260 e. The Kier molecular flexibility index (Phi) is 2.90. The van der Waals surface area contributed by atoms with Crippen molar-refractivity contribution in [3.63, 3.8) is 0 Å². The molecule has 0 aliphatic carbocycles. The summed E-state index contributed by atoms with van der Waals surface area (Å²) >= 11 is 1.47. The quantitative estimate of drug-likeness (QED) is 0.682. The highest BCUT2D eigenvalue weighted by atomic mass is 32.1. The highest BCUT2D eigenvalue weighted by molar-refractivity contribution is 7.15. The van der Waals surface area contributed by atoms with Gasteiger partial charge in [0.25, 0.3) is 5.91 Å². The molecule has 0 fully saturated rings. The number of nitriles is 1. The minimum Gasteiger partial charge on any atom is -0.315 e. The molecule has 2 aromatic heterocycles. The van der Waals surface area contributed by atoms with Crippen LogP contribution in [-0.4, -0.2) is 10.5 Å². The number of aromatic nitrogens is 1. The number of hydrogen-bond donors (Lipinski definition) is 0. The Morgan fingerprint density at radius 1 is 1.17 bits per heavy atom. The Morgan fingerprint density at radius 2 is 1.96 bits per heavy atom. The second-order valence-electron chi connectivity index (χ2n) is 5.57. The lowest BCUT2D eigenvalue weighted by molar-refractivity contribution is 0.0966.